The van der Waals surface area contributed by atoms with Gasteiger partial charge in [-0.25, -0.2) is 0 Å². The minimum Gasteiger partial charge on any atom is -0.388 e. The van der Waals surface area contributed by atoms with Gasteiger partial charge in [0.1, 0.15) is 0 Å². The maximum Gasteiger partial charge on any atom is 0.0880 e. The molecular weight excluding hydrogens is 240 g/mol. The molecule has 2 heteroatoms. The number of aliphatic hydroxyl groups is 1. The first-order chi connectivity index (χ1) is 8.46. The van der Waals surface area contributed by atoms with E-state index in [-0.39, 0.29) is 10.9 Å². The van der Waals surface area contributed by atoms with Crippen molar-refractivity contribution in [3.05, 3.63) is 48.0 Å². The van der Waals surface area contributed by atoms with Crippen LogP contribution >= 0.6 is 11.8 Å². The van der Waals surface area contributed by atoms with Crippen LogP contribution in [-0.4, -0.2) is 15.6 Å². The van der Waals surface area contributed by atoms with Crippen molar-refractivity contribution in [3.8, 4) is 0 Å². The lowest BCUT2D eigenvalue weighted by Gasteiger charge is -2.20. The second-order valence-electron chi connectivity index (χ2n) is 5.55. The van der Waals surface area contributed by atoms with Crippen LogP contribution in [0.25, 0.3) is 10.8 Å². The van der Waals surface area contributed by atoms with Crippen LogP contribution in [0.2, 0.25) is 0 Å². The van der Waals surface area contributed by atoms with E-state index in [1.807, 2.05) is 18.2 Å². The van der Waals surface area contributed by atoms with Crippen LogP contribution in [-0.2, 0) is 0 Å². The quantitative estimate of drug-likeness (QED) is 0.882. The fourth-order valence-electron chi connectivity index (χ4n) is 1.84. The fraction of sp³-hybridized carbons (Fsp3) is 0.375. The minimum absolute atomic E-state index is 0.192. The first-order valence-electron chi connectivity index (χ1n) is 6.26. The molecule has 2 rings (SSSR count). The van der Waals surface area contributed by atoms with Crippen LogP contribution in [0.5, 0.6) is 0 Å². The molecule has 0 bridgehead atoms. The molecule has 0 heterocycles. The standard InChI is InChI=1S/C16H20OS/c1-16(2,3)18-11-15(17)14-9-8-12-6-4-5-7-13(12)10-14/h4-10,15,17H,11H2,1-3H3. The van der Waals surface area contributed by atoms with Gasteiger partial charge in [-0.15, -0.1) is 0 Å². The van der Waals surface area contributed by atoms with Gasteiger partial charge in [-0.3, -0.25) is 0 Å². The lowest BCUT2D eigenvalue weighted by Crippen LogP contribution is -2.12. The fourth-order valence-corrected chi connectivity index (χ4v) is 2.69. The van der Waals surface area contributed by atoms with Crippen molar-refractivity contribution in [2.75, 3.05) is 5.75 Å². The Balaban J connectivity index is 2.15. The molecule has 96 valence electrons. The highest BCUT2D eigenvalue weighted by Crippen LogP contribution is 2.29. The lowest BCUT2D eigenvalue weighted by molar-refractivity contribution is 0.204. The van der Waals surface area contributed by atoms with Gasteiger partial charge >= 0.3 is 0 Å². The van der Waals surface area contributed by atoms with Crippen LogP contribution < -0.4 is 0 Å². The monoisotopic (exact) mass is 260 g/mol. The van der Waals surface area contributed by atoms with Crippen molar-refractivity contribution >= 4 is 22.5 Å². The van der Waals surface area contributed by atoms with E-state index >= 15 is 0 Å². The number of hydrogen-bond donors (Lipinski definition) is 1. The second kappa shape index (κ2) is 5.33. The van der Waals surface area contributed by atoms with Crippen molar-refractivity contribution in [1.29, 1.82) is 0 Å². The second-order valence-corrected chi connectivity index (χ2v) is 7.39. The number of fused-ring (bicyclic) bond motifs is 1. The van der Waals surface area contributed by atoms with Crippen LogP contribution in [0, 0.1) is 0 Å². The summed E-state index contributed by atoms with van der Waals surface area (Å²) in [6.45, 7) is 6.51. The summed E-state index contributed by atoms with van der Waals surface area (Å²) in [5.74, 6) is 0.738. The summed E-state index contributed by atoms with van der Waals surface area (Å²) in [6.07, 6.45) is -0.390. The molecule has 18 heavy (non-hydrogen) atoms. The van der Waals surface area contributed by atoms with E-state index in [0.717, 1.165) is 11.3 Å². The highest BCUT2D eigenvalue weighted by Gasteiger charge is 2.15. The molecule has 0 radical (unpaired) electrons. The molecule has 1 atom stereocenters. The zero-order valence-electron chi connectivity index (χ0n) is 11.2. The van der Waals surface area contributed by atoms with E-state index in [1.165, 1.54) is 10.8 Å². The van der Waals surface area contributed by atoms with E-state index in [9.17, 15) is 5.11 Å². The Morgan fingerprint density at radius 3 is 2.39 bits per heavy atom. The maximum atomic E-state index is 10.2. The van der Waals surface area contributed by atoms with Crippen molar-refractivity contribution in [1.82, 2.24) is 0 Å². The Kier molecular flexibility index (Phi) is 3.98. The van der Waals surface area contributed by atoms with E-state index in [2.05, 4.69) is 45.0 Å². The van der Waals surface area contributed by atoms with Crippen molar-refractivity contribution in [2.24, 2.45) is 0 Å². The van der Waals surface area contributed by atoms with E-state index in [1.54, 1.807) is 11.8 Å². The summed E-state index contributed by atoms with van der Waals surface area (Å²) < 4.78 is 0.192. The van der Waals surface area contributed by atoms with Gasteiger partial charge in [0.15, 0.2) is 0 Å². The zero-order valence-corrected chi connectivity index (χ0v) is 12.0. The van der Waals surface area contributed by atoms with Gasteiger partial charge in [0.2, 0.25) is 0 Å². The summed E-state index contributed by atoms with van der Waals surface area (Å²) in [5.41, 5.74) is 1.01. The number of rotatable bonds is 3. The summed E-state index contributed by atoms with van der Waals surface area (Å²) in [5, 5.41) is 12.6. The van der Waals surface area contributed by atoms with Gasteiger partial charge in [-0.05, 0) is 22.4 Å². The Morgan fingerprint density at radius 2 is 1.72 bits per heavy atom. The van der Waals surface area contributed by atoms with Crippen LogP contribution in [0.15, 0.2) is 42.5 Å². The van der Waals surface area contributed by atoms with Crippen LogP contribution in [0.3, 0.4) is 0 Å². The molecule has 0 saturated carbocycles. The third kappa shape index (κ3) is 3.50. The molecule has 0 amide bonds. The van der Waals surface area contributed by atoms with Crippen LogP contribution in [0.4, 0.5) is 0 Å². The van der Waals surface area contributed by atoms with E-state index in [0.29, 0.717) is 0 Å². The number of aliphatic hydroxyl groups excluding tert-OH is 1. The van der Waals surface area contributed by atoms with Gasteiger partial charge in [-0.1, -0.05) is 57.2 Å². The lowest BCUT2D eigenvalue weighted by atomic mass is 10.0. The summed E-state index contributed by atoms with van der Waals surface area (Å²) >= 11 is 1.79. The molecule has 2 aromatic carbocycles. The average molecular weight is 260 g/mol. The minimum atomic E-state index is -0.390. The van der Waals surface area contributed by atoms with Gasteiger partial charge in [0.25, 0.3) is 0 Å². The number of thioether (sulfide) groups is 1. The van der Waals surface area contributed by atoms with E-state index in [4.69, 9.17) is 0 Å². The maximum absolute atomic E-state index is 10.2. The SMILES string of the molecule is CC(C)(C)SCC(O)c1ccc2ccccc2c1. The summed E-state index contributed by atoms with van der Waals surface area (Å²) in [6, 6.07) is 14.4. The molecule has 2 aromatic rings. The topological polar surface area (TPSA) is 20.2 Å². The van der Waals surface area contributed by atoms with Gasteiger partial charge in [-0.2, -0.15) is 11.8 Å². The number of hydrogen-bond acceptors (Lipinski definition) is 2. The Morgan fingerprint density at radius 1 is 1.06 bits per heavy atom. The Bertz CT molecular complexity index is 528. The molecular formula is C16H20OS. The first kappa shape index (κ1) is 13.4. The molecule has 0 aliphatic carbocycles. The smallest absolute Gasteiger partial charge is 0.0880 e. The summed E-state index contributed by atoms with van der Waals surface area (Å²) in [4.78, 5) is 0. The molecule has 1 unspecified atom stereocenters. The molecule has 1 nitrogen and oxygen atoms in total. The highest BCUT2D eigenvalue weighted by atomic mass is 32.2. The molecule has 0 fully saturated rings. The first-order valence-corrected chi connectivity index (χ1v) is 7.25. The average Bonchev–Trinajstić information content (AvgIpc) is 2.34. The zero-order chi connectivity index (χ0) is 13.2. The highest BCUT2D eigenvalue weighted by molar-refractivity contribution is 8.00. The van der Waals surface area contributed by atoms with Crippen molar-refractivity contribution in [2.45, 2.75) is 31.6 Å². The molecule has 0 aromatic heterocycles. The van der Waals surface area contributed by atoms with Gasteiger partial charge in [0.05, 0.1) is 6.10 Å². The predicted octanol–water partition coefficient (Wildman–Crippen LogP) is 4.40. The van der Waals surface area contributed by atoms with E-state index < -0.39 is 0 Å². The Hall–Kier alpha value is -0.990. The summed E-state index contributed by atoms with van der Waals surface area (Å²) in [7, 11) is 0. The Labute approximate surface area is 113 Å². The van der Waals surface area contributed by atoms with Crippen LogP contribution in [0.1, 0.15) is 32.4 Å². The van der Waals surface area contributed by atoms with Gasteiger partial charge in [0, 0.05) is 10.5 Å². The third-order valence-corrected chi connectivity index (χ3v) is 4.18. The van der Waals surface area contributed by atoms with Crippen molar-refractivity contribution in [3.63, 3.8) is 0 Å². The van der Waals surface area contributed by atoms with Gasteiger partial charge < -0.3 is 5.11 Å². The molecule has 0 spiro atoms. The number of benzene rings is 2. The molecule has 0 aliphatic heterocycles. The molecule has 0 aliphatic rings. The largest absolute Gasteiger partial charge is 0.388 e. The van der Waals surface area contributed by atoms with Crippen molar-refractivity contribution < 1.29 is 5.11 Å². The molecule has 1 N–H and O–H groups in total. The normalized spacial score (nSPS) is 13.8. The third-order valence-electron chi connectivity index (χ3n) is 2.83. The predicted molar refractivity (Wildman–Crippen MR) is 81.1 cm³/mol. The molecule has 0 saturated heterocycles.